The fourth-order valence-corrected chi connectivity index (χ4v) is 2.29. The van der Waals surface area contributed by atoms with Crippen LogP contribution in [0.15, 0.2) is 36.4 Å². The molecular formula is C17H18N2O3. The summed E-state index contributed by atoms with van der Waals surface area (Å²) < 4.78 is 5.37. The third kappa shape index (κ3) is 3.14. The van der Waals surface area contributed by atoms with Crippen LogP contribution in [0, 0.1) is 0 Å². The smallest absolute Gasteiger partial charge is 0.269 e. The van der Waals surface area contributed by atoms with Crippen LogP contribution < -0.4 is 10.1 Å². The molecule has 114 valence electrons. The zero-order chi connectivity index (χ0) is 16.1. The number of aldehydes is 1. The molecule has 1 aromatic heterocycles. The summed E-state index contributed by atoms with van der Waals surface area (Å²) >= 11 is 0. The molecule has 2 rings (SSSR count). The minimum Gasteiger partial charge on any atom is -0.496 e. The molecule has 5 heteroatoms. The van der Waals surface area contributed by atoms with Gasteiger partial charge in [0.15, 0.2) is 0 Å². The van der Waals surface area contributed by atoms with Crippen molar-refractivity contribution in [1.82, 2.24) is 10.3 Å². The molecule has 1 aromatic carbocycles. The zero-order valence-corrected chi connectivity index (χ0v) is 12.8. The van der Waals surface area contributed by atoms with Crippen molar-refractivity contribution in [2.24, 2.45) is 0 Å². The van der Waals surface area contributed by atoms with Crippen LogP contribution in [0.1, 0.15) is 44.9 Å². The lowest BCUT2D eigenvalue weighted by atomic mass is 9.95. The summed E-state index contributed by atoms with van der Waals surface area (Å²) in [5, 5.41) is 2.52. The lowest BCUT2D eigenvalue weighted by molar-refractivity contribution is 0.0958. The van der Waals surface area contributed by atoms with Gasteiger partial charge >= 0.3 is 0 Å². The highest BCUT2D eigenvalue weighted by molar-refractivity contribution is 5.93. The number of hydrogen-bond donors (Lipinski definition) is 1. The van der Waals surface area contributed by atoms with E-state index >= 15 is 0 Å². The molecule has 5 nitrogen and oxygen atoms in total. The summed E-state index contributed by atoms with van der Waals surface area (Å²) in [5.74, 6) is 0.312. The number of carbonyl (C=O) groups is 2. The molecule has 1 N–H and O–H groups in total. The molecule has 0 aliphatic heterocycles. The van der Waals surface area contributed by atoms with Crippen LogP contribution in [0.2, 0.25) is 0 Å². The van der Waals surface area contributed by atoms with E-state index in [1.807, 2.05) is 31.2 Å². The Morgan fingerprint density at radius 2 is 2.05 bits per heavy atom. The van der Waals surface area contributed by atoms with Gasteiger partial charge in [-0.2, -0.15) is 0 Å². The number of methoxy groups -OCH3 is 1. The van der Waals surface area contributed by atoms with Gasteiger partial charge in [-0.3, -0.25) is 9.59 Å². The van der Waals surface area contributed by atoms with Crippen LogP contribution in [-0.4, -0.2) is 31.3 Å². The van der Waals surface area contributed by atoms with Gasteiger partial charge < -0.3 is 10.1 Å². The van der Waals surface area contributed by atoms with E-state index < -0.39 is 0 Å². The average Bonchev–Trinajstić information content (AvgIpc) is 2.59. The largest absolute Gasteiger partial charge is 0.496 e. The lowest BCUT2D eigenvalue weighted by Gasteiger charge is -2.16. The van der Waals surface area contributed by atoms with Gasteiger partial charge in [0.1, 0.15) is 17.7 Å². The maximum Gasteiger partial charge on any atom is 0.269 e. The van der Waals surface area contributed by atoms with E-state index in [0.717, 1.165) is 11.3 Å². The van der Waals surface area contributed by atoms with E-state index in [-0.39, 0.29) is 17.5 Å². The number of ether oxygens (including phenoxy) is 1. The number of pyridine rings is 1. The summed E-state index contributed by atoms with van der Waals surface area (Å²) in [4.78, 5) is 27.3. The number of carbonyl (C=O) groups excluding carboxylic acids is 2. The minimum absolute atomic E-state index is 0.112. The molecule has 0 radical (unpaired) electrons. The molecule has 0 fully saturated rings. The Kier molecular flexibility index (Phi) is 4.88. The minimum atomic E-state index is -0.322. The van der Waals surface area contributed by atoms with Crippen LogP contribution in [-0.2, 0) is 0 Å². The van der Waals surface area contributed by atoms with E-state index in [9.17, 15) is 9.59 Å². The summed E-state index contributed by atoms with van der Waals surface area (Å²) in [7, 11) is 3.14. The molecule has 2 aromatic rings. The summed E-state index contributed by atoms with van der Waals surface area (Å²) in [5.41, 5.74) is 2.24. The Balaban J connectivity index is 2.51. The monoisotopic (exact) mass is 298 g/mol. The first-order chi connectivity index (χ1) is 10.6. The van der Waals surface area contributed by atoms with Gasteiger partial charge in [0.05, 0.1) is 7.11 Å². The second-order valence-corrected chi connectivity index (χ2v) is 4.87. The van der Waals surface area contributed by atoms with Crippen molar-refractivity contribution in [3.05, 3.63) is 58.9 Å². The molecule has 1 unspecified atom stereocenters. The highest BCUT2D eigenvalue weighted by Gasteiger charge is 2.17. The molecule has 0 bridgehead atoms. The van der Waals surface area contributed by atoms with Crippen molar-refractivity contribution in [2.75, 3.05) is 14.2 Å². The average molecular weight is 298 g/mol. The quantitative estimate of drug-likeness (QED) is 0.861. The first kappa shape index (κ1) is 15.7. The van der Waals surface area contributed by atoms with E-state index in [0.29, 0.717) is 17.5 Å². The van der Waals surface area contributed by atoms with E-state index in [1.165, 1.54) is 13.1 Å². The number of nitrogens with one attached hydrogen (secondary N) is 1. The zero-order valence-electron chi connectivity index (χ0n) is 12.8. The van der Waals surface area contributed by atoms with Gasteiger partial charge in [0.25, 0.3) is 5.91 Å². The van der Waals surface area contributed by atoms with Crippen molar-refractivity contribution in [3.63, 3.8) is 0 Å². The van der Waals surface area contributed by atoms with Crippen molar-refractivity contribution in [2.45, 2.75) is 12.8 Å². The third-order valence-electron chi connectivity index (χ3n) is 3.51. The first-order valence-corrected chi connectivity index (χ1v) is 6.92. The van der Waals surface area contributed by atoms with Gasteiger partial charge in [0.2, 0.25) is 0 Å². The van der Waals surface area contributed by atoms with Gasteiger partial charge in [-0.1, -0.05) is 25.1 Å². The highest BCUT2D eigenvalue weighted by Crippen LogP contribution is 2.30. The number of benzene rings is 1. The number of nitrogens with zero attached hydrogens (tertiary/aromatic N) is 1. The highest BCUT2D eigenvalue weighted by atomic mass is 16.5. The Hall–Kier alpha value is -2.69. The van der Waals surface area contributed by atoms with Crippen LogP contribution >= 0.6 is 0 Å². The van der Waals surface area contributed by atoms with E-state index in [4.69, 9.17) is 4.74 Å². The van der Waals surface area contributed by atoms with E-state index in [1.54, 1.807) is 13.2 Å². The topological polar surface area (TPSA) is 68.3 Å². The Morgan fingerprint density at radius 1 is 1.32 bits per heavy atom. The summed E-state index contributed by atoms with van der Waals surface area (Å²) in [6, 6.07) is 10.8. The molecule has 22 heavy (non-hydrogen) atoms. The molecule has 1 heterocycles. The standard InChI is InChI=1S/C17H18N2O3/c1-11(13-6-4-5-7-16(13)22-3)14-8-12(10-20)9-15(19-14)17(21)18-2/h4-11H,1-3H3,(H,18,21). The Bertz CT molecular complexity index is 698. The summed E-state index contributed by atoms with van der Waals surface area (Å²) in [6.45, 7) is 1.96. The maximum absolute atomic E-state index is 11.8. The third-order valence-corrected chi connectivity index (χ3v) is 3.51. The Labute approximate surface area is 129 Å². The molecule has 1 atom stereocenters. The second-order valence-electron chi connectivity index (χ2n) is 4.87. The molecule has 0 saturated carbocycles. The van der Waals surface area contributed by atoms with E-state index in [2.05, 4.69) is 10.3 Å². The second kappa shape index (κ2) is 6.85. The lowest BCUT2D eigenvalue weighted by Crippen LogP contribution is -2.20. The first-order valence-electron chi connectivity index (χ1n) is 6.92. The van der Waals surface area contributed by atoms with Crippen LogP contribution in [0.5, 0.6) is 5.75 Å². The van der Waals surface area contributed by atoms with Crippen LogP contribution in [0.3, 0.4) is 0 Å². The predicted octanol–water partition coefficient (Wildman–Crippen LogP) is 2.41. The van der Waals surface area contributed by atoms with Crippen LogP contribution in [0.4, 0.5) is 0 Å². The maximum atomic E-state index is 11.8. The number of rotatable bonds is 5. The predicted molar refractivity (Wildman–Crippen MR) is 83.5 cm³/mol. The van der Waals surface area contributed by atoms with Gasteiger partial charge in [0, 0.05) is 29.8 Å². The van der Waals surface area contributed by atoms with Gasteiger partial charge in [-0.15, -0.1) is 0 Å². The van der Waals surface area contributed by atoms with Crippen molar-refractivity contribution >= 4 is 12.2 Å². The fraction of sp³-hybridized carbons (Fsp3) is 0.235. The number of amides is 1. The molecule has 0 saturated heterocycles. The van der Waals surface area contributed by atoms with Crippen LogP contribution in [0.25, 0.3) is 0 Å². The van der Waals surface area contributed by atoms with Crippen molar-refractivity contribution < 1.29 is 14.3 Å². The number of para-hydroxylation sites is 1. The Morgan fingerprint density at radius 3 is 2.68 bits per heavy atom. The molecule has 0 aliphatic carbocycles. The fourth-order valence-electron chi connectivity index (χ4n) is 2.29. The molecule has 0 spiro atoms. The number of hydrogen-bond acceptors (Lipinski definition) is 4. The normalized spacial score (nSPS) is 11.6. The molecule has 0 aliphatic rings. The van der Waals surface area contributed by atoms with Crippen molar-refractivity contribution in [3.8, 4) is 5.75 Å². The summed E-state index contributed by atoms with van der Waals surface area (Å²) in [6.07, 6.45) is 0.715. The molecule has 1 amide bonds. The van der Waals surface area contributed by atoms with Crippen molar-refractivity contribution in [1.29, 1.82) is 0 Å². The SMILES string of the molecule is CNC(=O)c1cc(C=O)cc(C(C)c2ccccc2OC)n1. The molecular weight excluding hydrogens is 280 g/mol. The van der Waals surface area contributed by atoms with Gasteiger partial charge in [-0.05, 0) is 18.2 Å². The number of aromatic nitrogens is 1. The van der Waals surface area contributed by atoms with Gasteiger partial charge in [-0.25, -0.2) is 4.98 Å².